The van der Waals surface area contributed by atoms with Crippen LogP contribution in [0.5, 0.6) is 0 Å². The maximum absolute atomic E-state index is 12.4. The third-order valence-electron chi connectivity index (χ3n) is 6.15. The van der Waals surface area contributed by atoms with Crippen LogP contribution in [0.4, 0.5) is 5.82 Å². The molecule has 1 aromatic carbocycles. The van der Waals surface area contributed by atoms with E-state index in [2.05, 4.69) is 36.9 Å². The van der Waals surface area contributed by atoms with Crippen molar-refractivity contribution < 1.29 is 9.53 Å². The van der Waals surface area contributed by atoms with Gasteiger partial charge in [0.15, 0.2) is 0 Å². The summed E-state index contributed by atoms with van der Waals surface area (Å²) in [7, 11) is 1.71. The van der Waals surface area contributed by atoms with E-state index >= 15 is 0 Å². The molecule has 0 atom stereocenters. The van der Waals surface area contributed by atoms with E-state index in [0.717, 1.165) is 68.3 Å². The maximum Gasteiger partial charge on any atom is 0.225 e. The molecule has 0 unspecified atom stereocenters. The van der Waals surface area contributed by atoms with E-state index < -0.39 is 0 Å². The van der Waals surface area contributed by atoms with Crippen LogP contribution < -0.4 is 4.90 Å². The van der Waals surface area contributed by atoms with Crippen molar-refractivity contribution >= 4 is 11.7 Å². The Balaban J connectivity index is 1.63. The van der Waals surface area contributed by atoms with Crippen molar-refractivity contribution in [3.63, 3.8) is 0 Å². The highest BCUT2D eigenvalue weighted by molar-refractivity contribution is 5.81. The molecule has 1 aliphatic heterocycles. The largest absolute Gasteiger partial charge is 0.378 e. The number of piperazine rings is 1. The summed E-state index contributed by atoms with van der Waals surface area (Å²) in [6, 6.07) is 6.58. The van der Waals surface area contributed by atoms with Gasteiger partial charge in [0.2, 0.25) is 5.91 Å². The van der Waals surface area contributed by atoms with Gasteiger partial charge in [0.05, 0.1) is 12.3 Å². The first kappa shape index (κ1) is 20.8. The Bertz CT molecular complexity index is 931. The van der Waals surface area contributed by atoms with Gasteiger partial charge in [0.1, 0.15) is 11.6 Å². The molecule has 0 bridgehead atoms. The third kappa shape index (κ3) is 4.48. The van der Waals surface area contributed by atoms with Crippen LogP contribution in [0.2, 0.25) is 0 Å². The molecule has 0 N–H and O–H groups in total. The summed E-state index contributed by atoms with van der Waals surface area (Å²) in [6.45, 7) is 9.83. The molecule has 0 spiro atoms. The van der Waals surface area contributed by atoms with Crippen LogP contribution in [0.1, 0.15) is 46.6 Å². The Morgan fingerprint density at radius 3 is 2.50 bits per heavy atom. The van der Waals surface area contributed by atoms with Crippen molar-refractivity contribution in [2.45, 2.75) is 46.6 Å². The summed E-state index contributed by atoms with van der Waals surface area (Å²) < 4.78 is 5.48. The molecule has 1 aliphatic carbocycles. The summed E-state index contributed by atoms with van der Waals surface area (Å²) in [4.78, 5) is 26.4. The Labute approximate surface area is 179 Å². The van der Waals surface area contributed by atoms with Crippen molar-refractivity contribution in [1.29, 1.82) is 0 Å². The number of carbonyl (C=O) groups excluding carboxylic acids is 1. The summed E-state index contributed by atoms with van der Waals surface area (Å²) in [6.07, 6.45) is 2.90. The number of hydrogen-bond acceptors (Lipinski definition) is 5. The molecular weight excluding hydrogens is 376 g/mol. The molecule has 160 valence electrons. The van der Waals surface area contributed by atoms with Gasteiger partial charge >= 0.3 is 0 Å². The first-order chi connectivity index (χ1) is 14.5. The molecular formula is C24H32N4O2. The number of methoxy groups -OCH3 is 1. The van der Waals surface area contributed by atoms with Crippen LogP contribution in [-0.4, -0.2) is 54.1 Å². The second-order valence-electron chi connectivity index (χ2n) is 8.65. The number of hydrogen-bond donors (Lipinski definition) is 0. The van der Waals surface area contributed by atoms with Gasteiger partial charge in [-0.25, -0.2) is 9.97 Å². The molecule has 4 rings (SSSR count). The fourth-order valence-electron chi connectivity index (χ4n) is 4.24. The first-order valence-electron chi connectivity index (χ1n) is 10.9. The highest BCUT2D eigenvalue weighted by atomic mass is 16.5. The standard InChI is InChI=1S/C24H32N4O2/c1-16-5-6-17(2)20(13-16)14-21-22(15-30-4)25-18(3)26-23(21)27-9-11-28(12-10-27)24(29)19-7-8-19/h5-6,13,19H,7-12,14-15H2,1-4H3. The number of benzene rings is 1. The molecule has 2 aromatic rings. The third-order valence-corrected chi connectivity index (χ3v) is 6.15. The van der Waals surface area contributed by atoms with Crippen molar-refractivity contribution in [3.05, 3.63) is 52.0 Å². The van der Waals surface area contributed by atoms with E-state index in [4.69, 9.17) is 14.7 Å². The van der Waals surface area contributed by atoms with E-state index in [0.29, 0.717) is 12.5 Å². The molecule has 6 heteroatoms. The lowest BCUT2D eigenvalue weighted by Crippen LogP contribution is -2.49. The minimum absolute atomic E-state index is 0.283. The van der Waals surface area contributed by atoms with Gasteiger partial charge in [0.25, 0.3) is 0 Å². The fourth-order valence-corrected chi connectivity index (χ4v) is 4.24. The maximum atomic E-state index is 12.4. The smallest absolute Gasteiger partial charge is 0.225 e. The molecule has 1 saturated carbocycles. The highest BCUT2D eigenvalue weighted by Gasteiger charge is 2.35. The molecule has 1 saturated heterocycles. The molecule has 0 radical (unpaired) electrons. The summed E-state index contributed by atoms with van der Waals surface area (Å²) in [5, 5.41) is 0. The van der Waals surface area contributed by atoms with Crippen molar-refractivity contribution in [1.82, 2.24) is 14.9 Å². The predicted molar refractivity (Wildman–Crippen MR) is 118 cm³/mol. The molecule has 1 amide bonds. The van der Waals surface area contributed by atoms with Gasteiger partial charge in [-0.15, -0.1) is 0 Å². The van der Waals surface area contributed by atoms with Gasteiger partial charge < -0.3 is 14.5 Å². The molecule has 2 heterocycles. The van der Waals surface area contributed by atoms with Crippen LogP contribution in [0.3, 0.4) is 0 Å². The summed E-state index contributed by atoms with van der Waals surface area (Å²) in [5.74, 6) is 2.38. The number of aromatic nitrogens is 2. The van der Waals surface area contributed by atoms with E-state index in [-0.39, 0.29) is 5.92 Å². The Hall–Kier alpha value is -2.47. The van der Waals surface area contributed by atoms with Gasteiger partial charge in [-0.05, 0) is 44.7 Å². The zero-order valence-electron chi connectivity index (χ0n) is 18.6. The molecule has 2 aliphatic rings. The monoisotopic (exact) mass is 408 g/mol. The van der Waals surface area contributed by atoms with Gasteiger partial charge in [-0.1, -0.05) is 23.8 Å². The lowest BCUT2D eigenvalue weighted by molar-refractivity contribution is -0.132. The summed E-state index contributed by atoms with van der Waals surface area (Å²) in [5.41, 5.74) is 5.92. The lowest BCUT2D eigenvalue weighted by atomic mass is 9.97. The number of carbonyl (C=O) groups is 1. The number of nitrogens with zero attached hydrogens (tertiary/aromatic N) is 4. The molecule has 6 nitrogen and oxygen atoms in total. The quantitative estimate of drug-likeness (QED) is 0.735. The van der Waals surface area contributed by atoms with E-state index in [1.54, 1.807) is 7.11 Å². The molecule has 2 fully saturated rings. The van der Waals surface area contributed by atoms with Crippen molar-refractivity contribution in [3.8, 4) is 0 Å². The normalized spacial score (nSPS) is 16.8. The minimum Gasteiger partial charge on any atom is -0.378 e. The van der Waals surface area contributed by atoms with Crippen molar-refractivity contribution in [2.75, 3.05) is 38.2 Å². The fraction of sp³-hybridized carbons (Fsp3) is 0.542. The van der Waals surface area contributed by atoms with Gasteiger partial charge in [-0.2, -0.15) is 0 Å². The van der Waals surface area contributed by atoms with Crippen LogP contribution in [-0.2, 0) is 22.6 Å². The second kappa shape index (κ2) is 8.72. The number of ether oxygens (including phenoxy) is 1. The van der Waals surface area contributed by atoms with Crippen LogP contribution >= 0.6 is 0 Å². The lowest BCUT2D eigenvalue weighted by Gasteiger charge is -2.36. The zero-order valence-corrected chi connectivity index (χ0v) is 18.6. The van der Waals surface area contributed by atoms with E-state index in [1.165, 1.54) is 16.7 Å². The SMILES string of the molecule is COCc1nc(C)nc(N2CCN(C(=O)C3CC3)CC2)c1Cc1cc(C)ccc1C. The average Bonchev–Trinajstić information content (AvgIpc) is 3.57. The number of rotatable bonds is 6. The zero-order chi connectivity index (χ0) is 21.3. The number of amides is 1. The summed E-state index contributed by atoms with van der Waals surface area (Å²) >= 11 is 0. The average molecular weight is 409 g/mol. The highest BCUT2D eigenvalue weighted by Crippen LogP contribution is 2.32. The van der Waals surface area contributed by atoms with Crippen molar-refractivity contribution in [2.24, 2.45) is 5.92 Å². The first-order valence-corrected chi connectivity index (χ1v) is 10.9. The van der Waals surface area contributed by atoms with Gasteiger partial charge in [-0.3, -0.25) is 4.79 Å². The van der Waals surface area contributed by atoms with Crippen LogP contribution in [0.25, 0.3) is 0 Å². The minimum atomic E-state index is 0.283. The van der Waals surface area contributed by atoms with E-state index in [1.807, 2.05) is 11.8 Å². The van der Waals surface area contributed by atoms with E-state index in [9.17, 15) is 4.79 Å². The number of aryl methyl sites for hydroxylation is 3. The van der Waals surface area contributed by atoms with Gasteiger partial charge in [0, 0.05) is 51.2 Å². The Morgan fingerprint density at radius 2 is 1.83 bits per heavy atom. The Kier molecular flexibility index (Phi) is 6.04. The van der Waals surface area contributed by atoms with Crippen LogP contribution in [0, 0.1) is 26.7 Å². The molecule has 1 aromatic heterocycles. The predicted octanol–water partition coefficient (Wildman–Crippen LogP) is 3.20. The Morgan fingerprint density at radius 1 is 1.10 bits per heavy atom. The topological polar surface area (TPSA) is 58.6 Å². The second-order valence-corrected chi connectivity index (χ2v) is 8.65. The number of anilines is 1. The van der Waals surface area contributed by atoms with Crippen LogP contribution in [0.15, 0.2) is 18.2 Å². The molecule has 30 heavy (non-hydrogen) atoms.